The summed E-state index contributed by atoms with van der Waals surface area (Å²) < 4.78 is 6.11. The van der Waals surface area contributed by atoms with Crippen LogP contribution in [-0.4, -0.2) is 11.1 Å². The molecule has 3 N–H and O–H groups in total. The normalized spacial score (nSPS) is 10.5. The van der Waals surface area contributed by atoms with Gasteiger partial charge in [0.2, 0.25) is 0 Å². The first-order valence-electron chi connectivity index (χ1n) is 5.05. The van der Waals surface area contributed by atoms with E-state index < -0.39 is 5.97 Å². The molecule has 1 aromatic heterocycles. The number of rotatable bonds is 4. The van der Waals surface area contributed by atoms with Crippen molar-refractivity contribution < 1.29 is 14.3 Å². The Morgan fingerprint density at radius 3 is 2.89 bits per heavy atom. The number of carboxylic acid groups (broad SMARTS) is 1. The van der Waals surface area contributed by atoms with Crippen LogP contribution >= 0.6 is 27.7 Å². The van der Waals surface area contributed by atoms with Crippen LogP contribution in [0.2, 0.25) is 0 Å². The number of nitrogens with two attached hydrogens (primary N) is 1. The second-order valence-corrected chi connectivity index (χ2v) is 5.51. The van der Waals surface area contributed by atoms with Gasteiger partial charge in [-0.25, -0.2) is 4.79 Å². The van der Waals surface area contributed by atoms with E-state index >= 15 is 0 Å². The van der Waals surface area contributed by atoms with E-state index in [0.29, 0.717) is 17.2 Å². The summed E-state index contributed by atoms with van der Waals surface area (Å²) in [6.45, 7) is 0. The van der Waals surface area contributed by atoms with Gasteiger partial charge < -0.3 is 15.3 Å². The summed E-state index contributed by atoms with van der Waals surface area (Å²) >= 11 is 4.87. The minimum absolute atomic E-state index is 0.160. The van der Waals surface area contributed by atoms with E-state index in [2.05, 4.69) is 15.9 Å². The minimum atomic E-state index is -0.989. The van der Waals surface area contributed by atoms with Crippen molar-refractivity contribution in [2.75, 3.05) is 5.73 Å². The van der Waals surface area contributed by atoms with E-state index in [0.717, 1.165) is 9.37 Å². The molecular weight excluding hydrogens is 318 g/mol. The topological polar surface area (TPSA) is 76.5 Å². The lowest BCUT2D eigenvalue weighted by molar-refractivity contribution is 0.0696. The molecule has 0 atom stereocenters. The number of hydrogen-bond acceptors (Lipinski definition) is 4. The highest BCUT2D eigenvalue weighted by Crippen LogP contribution is 2.31. The van der Waals surface area contributed by atoms with Crippen molar-refractivity contribution in [3.63, 3.8) is 0 Å². The Morgan fingerprint density at radius 1 is 1.44 bits per heavy atom. The number of furan rings is 1. The van der Waals surface area contributed by atoms with E-state index in [-0.39, 0.29) is 5.56 Å². The number of nitrogen functional groups attached to an aromatic ring is 1. The fraction of sp³-hybridized carbons (Fsp3) is 0.0833. The molecule has 2 rings (SSSR count). The van der Waals surface area contributed by atoms with Gasteiger partial charge in [0.05, 0.1) is 11.3 Å². The molecule has 0 aliphatic heterocycles. The number of carbonyl (C=O) groups is 1. The van der Waals surface area contributed by atoms with Crippen LogP contribution in [0.1, 0.15) is 16.1 Å². The van der Waals surface area contributed by atoms with Crippen molar-refractivity contribution >= 4 is 39.3 Å². The van der Waals surface area contributed by atoms with Crippen molar-refractivity contribution in [2.24, 2.45) is 0 Å². The standard InChI is InChI=1S/C12H10BrNO3S/c13-8-1-2-10(14)11(4-8)18-6-9-3-7(5-17-9)12(15)16/h1-5H,6,14H2,(H,15,16). The zero-order chi connectivity index (χ0) is 13.1. The molecule has 0 saturated heterocycles. The number of aromatic carboxylic acids is 1. The predicted molar refractivity (Wildman–Crippen MR) is 73.8 cm³/mol. The number of halogens is 1. The van der Waals surface area contributed by atoms with Crippen LogP contribution in [0.15, 0.2) is 44.3 Å². The van der Waals surface area contributed by atoms with Crippen molar-refractivity contribution in [3.05, 3.63) is 46.3 Å². The SMILES string of the molecule is Nc1ccc(Br)cc1SCc1cc(C(=O)O)co1. The van der Waals surface area contributed by atoms with Crippen LogP contribution in [0.4, 0.5) is 5.69 Å². The second-order valence-electron chi connectivity index (χ2n) is 3.58. The molecule has 2 aromatic rings. The van der Waals surface area contributed by atoms with Gasteiger partial charge in [-0.15, -0.1) is 11.8 Å². The summed E-state index contributed by atoms with van der Waals surface area (Å²) in [6.07, 6.45) is 1.24. The van der Waals surface area contributed by atoms with E-state index in [9.17, 15) is 4.79 Å². The molecule has 0 saturated carbocycles. The largest absolute Gasteiger partial charge is 0.478 e. The lowest BCUT2D eigenvalue weighted by atomic mass is 10.3. The number of anilines is 1. The first-order valence-corrected chi connectivity index (χ1v) is 6.82. The monoisotopic (exact) mass is 327 g/mol. The molecule has 0 aliphatic carbocycles. The Kier molecular flexibility index (Phi) is 3.98. The first-order chi connectivity index (χ1) is 8.56. The smallest absolute Gasteiger partial charge is 0.338 e. The third-order valence-electron chi connectivity index (χ3n) is 2.25. The Hall–Kier alpha value is -1.40. The number of benzene rings is 1. The Balaban J connectivity index is 2.06. The molecule has 1 aromatic carbocycles. The second kappa shape index (κ2) is 5.49. The fourth-order valence-electron chi connectivity index (χ4n) is 1.35. The summed E-state index contributed by atoms with van der Waals surface area (Å²) in [6, 6.07) is 7.12. The minimum Gasteiger partial charge on any atom is -0.478 e. The average Bonchev–Trinajstić information content (AvgIpc) is 2.79. The molecule has 1 heterocycles. The van der Waals surface area contributed by atoms with E-state index in [1.165, 1.54) is 24.1 Å². The molecule has 4 nitrogen and oxygen atoms in total. The van der Waals surface area contributed by atoms with Gasteiger partial charge in [0, 0.05) is 15.1 Å². The molecule has 0 aliphatic rings. The highest BCUT2D eigenvalue weighted by Gasteiger charge is 2.09. The molecule has 94 valence electrons. The van der Waals surface area contributed by atoms with Crippen LogP contribution in [0.5, 0.6) is 0 Å². The molecule has 18 heavy (non-hydrogen) atoms. The molecule has 0 unspecified atom stereocenters. The van der Waals surface area contributed by atoms with Gasteiger partial charge in [0.1, 0.15) is 12.0 Å². The summed E-state index contributed by atoms with van der Waals surface area (Å²) in [5.74, 6) is 0.155. The maximum absolute atomic E-state index is 10.7. The number of thioether (sulfide) groups is 1. The molecule has 0 radical (unpaired) electrons. The van der Waals surface area contributed by atoms with Gasteiger partial charge in [-0.3, -0.25) is 0 Å². The van der Waals surface area contributed by atoms with E-state index in [1.807, 2.05) is 18.2 Å². The Labute approximate surface area is 116 Å². The molecular formula is C12H10BrNO3S. The summed E-state index contributed by atoms with van der Waals surface area (Å²) in [5, 5.41) is 8.77. The van der Waals surface area contributed by atoms with Crippen LogP contribution < -0.4 is 5.73 Å². The zero-order valence-electron chi connectivity index (χ0n) is 9.22. The molecule has 0 fully saturated rings. The van der Waals surface area contributed by atoms with Crippen LogP contribution in [-0.2, 0) is 5.75 Å². The lowest BCUT2D eigenvalue weighted by Gasteiger charge is -2.04. The summed E-state index contributed by atoms with van der Waals surface area (Å²) in [5.41, 5.74) is 6.69. The number of carboxylic acids is 1. The van der Waals surface area contributed by atoms with Crippen molar-refractivity contribution in [1.82, 2.24) is 0 Å². The molecule has 6 heteroatoms. The first kappa shape index (κ1) is 13.0. The fourth-order valence-corrected chi connectivity index (χ4v) is 2.76. The van der Waals surface area contributed by atoms with Crippen LogP contribution in [0.3, 0.4) is 0 Å². The van der Waals surface area contributed by atoms with Gasteiger partial charge >= 0.3 is 5.97 Å². The van der Waals surface area contributed by atoms with Gasteiger partial charge in [-0.1, -0.05) is 15.9 Å². The van der Waals surface area contributed by atoms with Crippen molar-refractivity contribution in [2.45, 2.75) is 10.6 Å². The highest BCUT2D eigenvalue weighted by atomic mass is 79.9. The third-order valence-corrected chi connectivity index (χ3v) is 3.83. The zero-order valence-corrected chi connectivity index (χ0v) is 11.6. The Bertz CT molecular complexity index is 582. The molecule has 0 bridgehead atoms. The quantitative estimate of drug-likeness (QED) is 0.662. The number of hydrogen-bond donors (Lipinski definition) is 2. The maximum atomic E-state index is 10.7. The third kappa shape index (κ3) is 3.08. The van der Waals surface area contributed by atoms with Crippen LogP contribution in [0, 0.1) is 0 Å². The van der Waals surface area contributed by atoms with Crippen LogP contribution in [0.25, 0.3) is 0 Å². The van der Waals surface area contributed by atoms with E-state index in [4.69, 9.17) is 15.3 Å². The van der Waals surface area contributed by atoms with E-state index in [1.54, 1.807) is 0 Å². The lowest BCUT2D eigenvalue weighted by Crippen LogP contribution is -1.92. The van der Waals surface area contributed by atoms with Gasteiger partial charge in [0.15, 0.2) is 0 Å². The van der Waals surface area contributed by atoms with Crippen molar-refractivity contribution in [3.8, 4) is 0 Å². The highest BCUT2D eigenvalue weighted by molar-refractivity contribution is 9.10. The Morgan fingerprint density at radius 2 is 2.22 bits per heavy atom. The van der Waals surface area contributed by atoms with Gasteiger partial charge in [0.25, 0.3) is 0 Å². The molecule has 0 amide bonds. The van der Waals surface area contributed by atoms with Gasteiger partial charge in [-0.2, -0.15) is 0 Å². The van der Waals surface area contributed by atoms with Gasteiger partial charge in [-0.05, 0) is 24.3 Å². The summed E-state index contributed by atoms with van der Waals surface area (Å²) in [7, 11) is 0. The maximum Gasteiger partial charge on any atom is 0.338 e. The molecule has 0 spiro atoms. The summed E-state index contributed by atoms with van der Waals surface area (Å²) in [4.78, 5) is 11.6. The predicted octanol–water partition coefficient (Wildman–Crippen LogP) is 3.61. The average molecular weight is 328 g/mol. The van der Waals surface area contributed by atoms with Crippen molar-refractivity contribution in [1.29, 1.82) is 0 Å².